The van der Waals surface area contributed by atoms with Crippen LogP contribution >= 0.6 is 11.6 Å². The van der Waals surface area contributed by atoms with Gasteiger partial charge < -0.3 is 14.8 Å². The molecule has 0 aliphatic rings. The summed E-state index contributed by atoms with van der Waals surface area (Å²) in [6.07, 6.45) is 0. The molecule has 0 bridgehead atoms. The fourth-order valence-corrected chi connectivity index (χ4v) is 3.04. The van der Waals surface area contributed by atoms with Crippen LogP contribution in [0.3, 0.4) is 0 Å². The number of carbonyl (C=O) groups excluding carboxylic acids is 1. The summed E-state index contributed by atoms with van der Waals surface area (Å²) in [5, 5.41) is 7.49. The first kappa shape index (κ1) is 19.7. The number of methoxy groups -OCH3 is 2. The second-order valence-corrected chi connectivity index (χ2v) is 6.61. The lowest BCUT2D eigenvalue weighted by Crippen LogP contribution is -2.25. The number of nitrogens with zero attached hydrogens (tertiary/aromatic N) is 3. The predicted octanol–water partition coefficient (Wildman–Crippen LogP) is 3.48. The van der Waals surface area contributed by atoms with Gasteiger partial charge in [-0.25, -0.2) is 9.67 Å². The van der Waals surface area contributed by atoms with Crippen molar-refractivity contribution < 1.29 is 14.3 Å². The van der Waals surface area contributed by atoms with E-state index in [9.17, 15) is 4.79 Å². The lowest BCUT2D eigenvalue weighted by molar-refractivity contribution is 0.0945. The van der Waals surface area contributed by atoms with E-state index >= 15 is 0 Å². The van der Waals surface area contributed by atoms with Gasteiger partial charge in [0.1, 0.15) is 17.2 Å². The molecule has 0 fully saturated rings. The summed E-state index contributed by atoms with van der Waals surface area (Å²) >= 11 is 6.21. The second kappa shape index (κ2) is 8.31. The molecular formula is C20H21ClN4O3. The molecule has 0 spiro atoms. The van der Waals surface area contributed by atoms with Crippen molar-refractivity contribution in [1.29, 1.82) is 0 Å². The molecule has 28 heavy (non-hydrogen) atoms. The summed E-state index contributed by atoms with van der Waals surface area (Å²) in [5.41, 5.74) is 2.69. The van der Waals surface area contributed by atoms with Gasteiger partial charge in [0.25, 0.3) is 5.91 Å². The number of amides is 1. The van der Waals surface area contributed by atoms with Crippen LogP contribution in [-0.4, -0.2) is 34.9 Å². The minimum Gasteiger partial charge on any atom is -0.497 e. The van der Waals surface area contributed by atoms with Gasteiger partial charge >= 0.3 is 0 Å². The number of pyridine rings is 1. The maximum absolute atomic E-state index is 12.7. The zero-order valence-corrected chi connectivity index (χ0v) is 16.9. The van der Waals surface area contributed by atoms with Gasteiger partial charge in [0.15, 0.2) is 5.82 Å². The first-order valence-corrected chi connectivity index (χ1v) is 9.00. The number of carbonyl (C=O) groups is 1. The minimum absolute atomic E-state index is 0.133. The molecule has 3 aromatic rings. The first-order valence-electron chi connectivity index (χ1n) is 8.62. The van der Waals surface area contributed by atoms with Crippen LogP contribution in [-0.2, 0) is 6.54 Å². The number of ether oxygens (including phenoxy) is 2. The molecule has 0 unspecified atom stereocenters. The van der Waals surface area contributed by atoms with Crippen molar-refractivity contribution in [2.45, 2.75) is 20.4 Å². The zero-order valence-electron chi connectivity index (χ0n) is 16.1. The Bertz CT molecular complexity index is 1020. The van der Waals surface area contributed by atoms with Gasteiger partial charge in [-0.05, 0) is 50.2 Å². The number of aromatic nitrogens is 3. The van der Waals surface area contributed by atoms with Crippen LogP contribution in [0.4, 0.5) is 0 Å². The largest absolute Gasteiger partial charge is 0.497 e. The lowest BCUT2D eigenvalue weighted by atomic mass is 10.2. The fourth-order valence-electron chi connectivity index (χ4n) is 2.85. The van der Waals surface area contributed by atoms with Crippen LogP contribution in [0.1, 0.15) is 27.4 Å². The van der Waals surface area contributed by atoms with Gasteiger partial charge in [-0.1, -0.05) is 11.6 Å². The summed E-state index contributed by atoms with van der Waals surface area (Å²) in [6, 6.07) is 10.7. The summed E-state index contributed by atoms with van der Waals surface area (Å²) in [7, 11) is 3.15. The monoisotopic (exact) mass is 400 g/mol. The van der Waals surface area contributed by atoms with Crippen LogP contribution < -0.4 is 14.8 Å². The van der Waals surface area contributed by atoms with Crippen LogP contribution in [0, 0.1) is 13.8 Å². The number of aryl methyl sites for hydroxylation is 2. The maximum atomic E-state index is 12.7. The van der Waals surface area contributed by atoms with Gasteiger partial charge in [-0.3, -0.25) is 4.79 Å². The zero-order chi connectivity index (χ0) is 20.3. The van der Waals surface area contributed by atoms with Crippen molar-refractivity contribution in [2.24, 2.45) is 0 Å². The number of hydrogen-bond donors (Lipinski definition) is 1. The van der Waals surface area contributed by atoms with Gasteiger partial charge in [-0.15, -0.1) is 0 Å². The molecule has 2 aromatic heterocycles. The number of nitrogens with one attached hydrogen (secondary N) is 1. The number of benzene rings is 1. The van der Waals surface area contributed by atoms with Crippen LogP contribution in [0.15, 0.2) is 36.4 Å². The Hall–Kier alpha value is -3.06. The topological polar surface area (TPSA) is 78.3 Å². The Kier molecular flexibility index (Phi) is 5.84. The quantitative estimate of drug-likeness (QED) is 0.685. The van der Waals surface area contributed by atoms with Crippen molar-refractivity contribution in [1.82, 2.24) is 20.1 Å². The predicted molar refractivity (Wildman–Crippen MR) is 107 cm³/mol. The second-order valence-electron chi connectivity index (χ2n) is 6.20. The summed E-state index contributed by atoms with van der Waals surface area (Å²) in [6.45, 7) is 4.06. The van der Waals surface area contributed by atoms with E-state index in [-0.39, 0.29) is 17.3 Å². The molecule has 3 rings (SSSR count). The molecular weight excluding hydrogens is 380 g/mol. The Morgan fingerprint density at radius 2 is 1.93 bits per heavy atom. The molecule has 0 aliphatic carbocycles. The van der Waals surface area contributed by atoms with E-state index in [0.29, 0.717) is 17.3 Å². The molecule has 1 aromatic carbocycles. The molecule has 0 atom stereocenters. The molecule has 0 aliphatic heterocycles. The molecule has 2 heterocycles. The van der Waals surface area contributed by atoms with E-state index in [0.717, 1.165) is 17.0 Å². The van der Waals surface area contributed by atoms with Gasteiger partial charge in [-0.2, -0.15) is 5.10 Å². The highest BCUT2D eigenvalue weighted by Gasteiger charge is 2.16. The normalized spacial score (nSPS) is 10.6. The maximum Gasteiger partial charge on any atom is 0.271 e. The Morgan fingerprint density at radius 3 is 2.57 bits per heavy atom. The Balaban J connectivity index is 1.83. The molecule has 7 nitrogen and oxygen atoms in total. The Labute approximate surface area is 168 Å². The number of rotatable bonds is 6. The molecule has 0 saturated carbocycles. The molecule has 1 N–H and O–H groups in total. The first-order chi connectivity index (χ1) is 13.4. The van der Waals surface area contributed by atoms with Crippen molar-refractivity contribution >= 4 is 17.5 Å². The average molecular weight is 401 g/mol. The van der Waals surface area contributed by atoms with Crippen LogP contribution in [0.5, 0.6) is 11.5 Å². The third-order valence-corrected chi connectivity index (χ3v) is 4.50. The van der Waals surface area contributed by atoms with E-state index < -0.39 is 5.91 Å². The highest BCUT2D eigenvalue weighted by atomic mass is 35.5. The SMILES string of the molecule is COc1ccc(OC)c(CNC(=O)c2nc(-n3nc(C)cc3C)ccc2Cl)c1. The smallest absolute Gasteiger partial charge is 0.271 e. The van der Waals surface area contributed by atoms with Crippen molar-refractivity contribution in [3.63, 3.8) is 0 Å². The van der Waals surface area contributed by atoms with E-state index in [1.54, 1.807) is 49.2 Å². The molecule has 0 radical (unpaired) electrons. The lowest BCUT2D eigenvalue weighted by Gasteiger charge is -2.12. The van der Waals surface area contributed by atoms with Gasteiger partial charge in [0, 0.05) is 17.8 Å². The summed E-state index contributed by atoms with van der Waals surface area (Å²) in [5.74, 6) is 1.46. The average Bonchev–Trinajstić information content (AvgIpc) is 3.04. The van der Waals surface area contributed by atoms with Crippen molar-refractivity contribution in [3.05, 3.63) is 64.1 Å². The minimum atomic E-state index is -0.391. The van der Waals surface area contributed by atoms with Crippen LogP contribution in [0.2, 0.25) is 5.02 Å². The molecule has 8 heteroatoms. The highest BCUT2D eigenvalue weighted by Crippen LogP contribution is 2.24. The number of halogens is 1. The van der Waals surface area contributed by atoms with Gasteiger partial charge in [0.05, 0.1) is 24.9 Å². The van der Waals surface area contributed by atoms with E-state index in [1.165, 1.54) is 0 Å². The summed E-state index contributed by atoms with van der Waals surface area (Å²) < 4.78 is 12.2. The third-order valence-electron chi connectivity index (χ3n) is 4.20. The fraction of sp³-hybridized carbons (Fsp3) is 0.250. The Morgan fingerprint density at radius 1 is 1.14 bits per heavy atom. The summed E-state index contributed by atoms with van der Waals surface area (Å²) in [4.78, 5) is 17.1. The number of hydrogen-bond acceptors (Lipinski definition) is 5. The molecule has 1 amide bonds. The van der Waals surface area contributed by atoms with Gasteiger partial charge in [0.2, 0.25) is 0 Å². The van der Waals surface area contributed by atoms with Crippen molar-refractivity contribution in [2.75, 3.05) is 14.2 Å². The molecule has 146 valence electrons. The van der Waals surface area contributed by atoms with Crippen molar-refractivity contribution in [3.8, 4) is 17.3 Å². The standard InChI is InChI=1S/C20H21ClN4O3/c1-12-9-13(2)25(24-12)18-8-6-16(21)19(23-18)20(26)22-11-14-10-15(27-3)5-7-17(14)28-4/h5-10H,11H2,1-4H3,(H,22,26). The molecule has 0 saturated heterocycles. The third kappa shape index (κ3) is 4.09. The van der Waals surface area contributed by atoms with E-state index in [4.69, 9.17) is 21.1 Å². The van der Waals surface area contributed by atoms with Crippen LogP contribution in [0.25, 0.3) is 5.82 Å². The highest BCUT2D eigenvalue weighted by molar-refractivity contribution is 6.33. The van der Waals surface area contributed by atoms with E-state index in [1.807, 2.05) is 19.9 Å². The van der Waals surface area contributed by atoms with E-state index in [2.05, 4.69) is 15.4 Å².